The maximum atomic E-state index is 12.9. The first-order valence-corrected chi connectivity index (χ1v) is 12.6. The predicted octanol–water partition coefficient (Wildman–Crippen LogP) is 6.22. The Kier molecular flexibility index (Phi) is 7.43. The quantitative estimate of drug-likeness (QED) is 0.455. The molecule has 2 saturated heterocycles. The van der Waals surface area contributed by atoms with Crippen LogP contribution in [0, 0.1) is 6.92 Å². The number of carbonyl (C=O) groups is 2. The summed E-state index contributed by atoms with van der Waals surface area (Å²) in [5.74, 6) is 0.908. The molecule has 0 aliphatic carbocycles. The van der Waals surface area contributed by atoms with Gasteiger partial charge in [0.1, 0.15) is 12.4 Å². The molecule has 4 rings (SSSR count). The van der Waals surface area contributed by atoms with E-state index in [9.17, 15) is 9.59 Å². The van der Waals surface area contributed by atoms with Crippen molar-refractivity contribution in [2.24, 2.45) is 0 Å². The molecule has 0 N–H and O–H groups in total. The van der Waals surface area contributed by atoms with E-state index in [4.69, 9.17) is 4.74 Å². The Balaban J connectivity index is 1.37. The van der Waals surface area contributed by atoms with Crippen LogP contribution in [-0.4, -0.2) is 42.3 Å². The van der Waals surface area contributed by atoms with E-state index in [1.54, 1.807) is 0 Å². The molecule has 2 aliphatic rings. The number of imide groups is 1. The number of nitrogens with zero attached hydrogens (tertiary/aromatic N) is 2. The Morgan fingerprint density at radius 1 is 1.03 bits per heavy atom. The lowest BCUT2D eigenvalue weighted by atomic mass is 10.0. The van der Waals surface area contributed by atoms with Gasteiger partial charge in [-0.2, -0.15) is 0 Å². The second kappa shape index (κ2) is 10.5. The molecular weight excluding hydrogens is 432 g/mol. The zero-order valence-electron chi connectivity index (χ0n) is 19.7. The lowest BCUT2D eigenvalue weighted by Gasteiger charge is -2.28. The highest BCUT2D eigenvalue weighted by atomic mass is 32.2. The SMILES string of the molecule is Cc1ccc(C(C)C)c(OCCN2C(=O)S/C(=C\c3ccc(N4CCCCC4)cc3)C2=O)c1. The molecule has 0 saturated carbocycles. The van der Waals surface area contributed by atoms with E-state index in [1.807, 2.05) is 31.2 Å². The first kappa shape index (κ1) is 23.4. The normalized spacial score (nSPS) is 18.0. The number of benzene rings is 2. The van der Waals surface area contributed by atoms with Gasteiger partial charge in [0, 0.05) is 18.8 Å². The highest BCUT2D eigenvalue weighted by Crippen LogP contribution is 2.33. The van der Waals surface area contributed by atoms with Crippen molar-refractivity contribution in [3.05, 3.63) is 64.1 Å². The van der Waals surface area contributed by atoms with Crippen LogP contribution in [0.4, 0.5) is 10.5 Å². The first-order chi connectivity index (χ1) is 15.9. The van der Waals surface area contributed by atoms with Gasteiger partial charge in [-0.3, -0.25) is 14.5 Å². The summed E-state index contributed by atoms with van der Waals surface area (Å²) in [6, 6.07) is 14.4. The highest BCUT2D eigenvalue weighted by molar-refractivity contribution is 8.18. The molecule has 174 valence electrons. The van der Waals surface area contributed by atoms with Gasteiger partial charge in [-0.05, 0) is 84.8 Å². The lowest BCUT2D eigenvalue weighted by Crippen LogP contribution is -2.32. The van der Waals surface area contributed by atoms with Crippen LogP contribution in [0.2, 0.25) is 0 Å². The van der Waals surface area contributed by atoms with Gasteiger partial charge in [0.05, 0.1) is 11.4 Å². The van der Waals surface area contributed by atoms with E-state index in [0.29, 0.717) is 10.8 Å². The van der Waals surface area contributed by atoms with Crippen LogP contribution < -0.4 is 9.64 Å². The minimum Gasteiger partial charge on any atom is -0.491 e. The van der Waals surface area contributed by atoms with Crippen molar-refractivity contribution in [1.29, 1.82) is 0 Å². The Morgan fingerprint density at radius 2 is 1.76 bits per heavy atom. The predicted molar refractivity (Wildman–Crippen MR) is 136 cm³/mol. The van der Waals surface area contributed by atoms with E-state index < -0.39 is 0 Å². The summed E-state index contributed by atoms with van der Waals surface area (Å²) in [5, 5.41) is -0.242. The minimum absolute atomic E-state index is 0.237. The van der Waals surface area contributed by atoms with Gasteiger partial charge >= 0.3 is 0 Å². The maximum Gasteiger partial charge on any atom is 0.293 e. The van der Waals surface area contributed by atoms with Crippen molar-refractivity contribution in [3.8, 4) is 5.75 Å². The van der Waals surface area contributed by atoms with Gasteiger partial charge in [0.25, 0.3) is 11.1 Å². The molecule has 0 spiro atoms. The number of thioether (sulfide) groups is 1. The molecule has 2 aliphatic heterocycles. The molecular formula is C27H32N2O3S. The molecule has 5 nitrogen and oxygen atoms in total. The van der Waals surface area contributed by atoms with E-state index in [-0.39, 0.29) is 24.3 Å². The van der Waals surface area contributed by atoms with Crippen LogP contribution in [0.5, 0.6) is 5.75 Å². The van der Waals surface area contributed by atoms with E-state index >= 15 is 0 Å². The second-order valence-electron chi connectivity index (χ2n) is 9.02. The summed E-state index contributed by atoms with van der Waals surface area (Å²) in [5.41, 5.74) is 4.39. The molecule has 0 radical (unpaired) electrons. The van der Waals surface area contributed by atoms with Crippen molar-refractivity contribution < 1.29 is 14.3 Å². The summed E-state index contributed by atoms with van der Waals surface area (Å²) in [4.78, 5) is 29.5. The molecule has 2 aromatic carbocycles. The van der Waals surface area contributed by atoms with Crippen LogP contribution in [0.15, 0.2) is 47.4 Å². The Morgan fingerprint density at radius 3 is 2.45 bits per heavy atom. The number of carbonyl (C=O) groups excluding carboxylic acids is 2. The number of hydrogen-bond donors (Lipinski definition) is 0. The molecule has 6 heteroatoms. The van der Waals surface area contributed by atoms with Crippen LogP contribution in [-0.2, 0) is 4.79 Å². The van der Waals surface area contributed by atoms with E-state index in [2.05, 4.69) is 43.0 Å². The third-order valence-corrected chi connectivity index (χ3v) is 7.06. The number of ether oxygens (including phenoxy) is 1. The smallest absolute Gasteiger partial charge is 0.293 e. The second-order valence-corrected chi connectivity index (χ2v) is 10.0. The molecule has 2 aromatic rings. The minimum atomic E-state index is -0.248. The van der Waals surface area contributed by atoms with Crippen molar-refractivity contribution in [2.45, 2.75) is 46.0 Å². The van der Waals surface area contributed by atoms with Crippen molar-refractivity contribution in [3.63, 3.8) is 0 Å². The van der Waals surface area contributed by atoms with Gasteiger partial charge in [-0.25, -0.2) is 0 Å². The largest absolute Gasteiger partial charge is 0.491 e. The third-order valence-electron chi connectivity index (χ3n) is 6.15. The van der Waals surface area contributed by atoms with E-state index in [0.717, 1.165) is 47.3 Å². The van der Waals surface area contributed by atoms with Crippen molar-refractivity contribution in [1.82, 2.24) is 4.90 Å². The number of anilines is 1. The van der Waals surface area contributed by atoms with Gasteiger partial charge in [0.2, 0.25) is 0 Å². The van der Waals surface area contributed by atoms with Crippen LogP contribution in [0.25, 0.3) is 6.08 Å². The number of rotatable bonds is 7. The topological polar surface area (TPSA) is 49.9 Å². The monoisotopic (exact) mass is 464 g/mol. The van der Waals surface area contributed by atoms with Crippen LogP contribution in [0.3, 0.4) is 0 Å². The van der Waals surface area contributed by atoms with E-state index in [1.165, 1.54) is 29.8 Å². The van der Waals surface area contributed by atoms with Crippen LogP contribution in [0.1, 0.15) is 55.7 Å². The standard InChI is InChI=1S/C27H32N2O3S/c1-19(2)23-12-7-20(3)17-24(23)32-16-15-29-26(30)25(33-27(29)31)18-21-8-10-22(11-9-21)28-13-5-4-6-14-28/h7-12,17-19H,4-6,13-16H2,1-3H3/b25-18-. The van der Waals surface area contributed by atoms with Gasteiger partial charge in [0.15, 0.2) is 0 Å². The zero-order chi connectivity index (χ0) is 23.4. The molecule has 0 unspecified atom stereocenters. The fourth-order valence-corrected chi connectivity index (χ4v) is 5.13. The number of amides is 2. The number of hydrogen-bond acceptors (Lipinski definition) is 5. The van der Waals surface area contributed by atoms with Gasteiger partial charge in [-0.1, -0.05) is 38.1 Å². The molecule has 0 atom stereocenters. The first-order valence-electron chi connectivity index (χ1n) is 11.8. The summed E-state index contributed by atoms with van der Waals surface area (Å²) in [6.07, 6.45) is 5.59. The van der Waals surface area contributed by atoms with Gasteiger partial charge < -0.3 is 9.64 Å². The molecule has 2 heterocycles. The third kappa shape index (κ3) is 5.61. The molecule has 33 heavy (non-hydrogen) atoms. The summed E-state index contributed by atoms with van der Waals surface area (Å²) >= 11 is 0.998. The number of aryl methyl sites for hydroxylation is 1. The zero-order valence-corrected chi connectivity index (χ0v) is 20.5. The molecule has 2 amide bonds. The van der Waals surface area contributed by atoms with Crippen LogP contribution >= 0.6 is 11.8 Å². The summed E-state index contributed by atoms with van der Waals surface area (Å²) in [7, 11) is 0. The maximum absolute atomic E-state index is 12.9. The molecule has 2 fully saturated rings. The molecule has 0 bridgehead atoms. The fraction of sp³-hybridized carbons (Fsp3) is 0.407. The average Bonchev–Trinajstić information content (AvgIpc) is 3.07. The highest BCUT2D eigenvalue weighted by Gasteiger charge is 2.34. The molecule has 0 aromatic heterocycles. The van der Waals surface area contributed by atoms with Crippen molar-refractivity contribution >= 4 is 34.7 Å². The summed E-state index contributed by atoms with van der Waals surface area (Å²) in [6.45, 7) is 8.98. The Bertz CT molecular complexity index is 1040. The Hall–Kier alpha value is -2.73. The summed E-state index contributed by atoms with van der Waals surface area (Å²) < 4.78 is 5.98. The van der Waals surface area contributed by atoms with Crippen molar-refractivity contribution in [2.75, 3.05) is 31.1 Å². The van der Waals surface area contributed by atoms with Gasteiger partial charge in [-0.15, -0.1) is 0 Å². The number of piperidine rings is 1. The Labute approximate surface area is 200 Å². The fourth-order valence-electron chi connectivity index (χ4n) is 4.27. The average molecular weight is 465 g/mol. The lowest BCUT2D eigenvalue weighted by molar-refractivity contribution is -0.123.